The highest BCUT2D eigenvalue weighted by Crippen LogP contribution is 2.35. The Morgan fingerprint density at radius 3 is 2.47 bits per heavy atom. The molecule has 3 aromatic carbocycles. The third-order valence-corrected chi connectivity index (χ3v) is 11.1. The lowest BCUT2D eigenvalue weighted by Crippen LogP contribution is -2.36. The summed E-state index contributed by atoms with van der Waals surface area (Å²) in [6.45, 7) is 7.52. The molecule has 0 spiro atoms. The molecule has 1 amide bonds. The van der Waals surface area contributed by atoms with Gasteiger partial charge in [0, 0.05) is 36.2 Å². The van der Waals surface area contributed by atoms with E-state index >= 15 is 0 Å². The maximum Gasteiger partial charge on any atom is 0.254 e. The fraction of sp³-hybridized carbons (Fsp3) is 0.486. The summed E-state index contributed by atoms with van der Waals surface area (Å²) in [5.41, 5.74) is 5.52. The van der Waals surface area contributed by atoms with Crippen molar-refractivity contribution in [2.45, 2.75) is 81.6 Å². The number of piperidine rings is 1. The van der Waals surface area contributed by atoms with Gasteiger partial charge in [0.05, 0.1) is 26.9 Å². The molecule has 8 heteroatoms. The lowest BCUT2D eigenvalue weighted by atomic mass is 9.87. The number of likely N-dealkylation sites (tertiary alicyclic amines) is 1. The molecule has 1 aliphatic heterocycles. The first kappa shape index (κ1) is 34.0. The summed E-state index contributed by atoms with van der Waals surface area (Å²) < 4.78 is 18.4. The highest BCUT2D eigenvalue weighted by atomic mass is 35.5. The van der Waals surface area contributed by atoms with E-state index in [0.717, 1.165) is 86.4 Å². The van der Waals surface area contributed by atoms with Gasteiger partial charge in [0.25, 0.3) is 5.91 Å². The number of aryl methyl sites for hydroxylation is 1. The Balaban J connectivity index is 1.30. The van der Waals surface area contributed by atoms with Crippen LogP contribution in [0.3, 0.4) is 0 Å². The average Bonchev–Trinajstić information content (AvgIpc) is 3.03. The number of likely N-dealkylation sites (N-methyl/N-ethyl adjacent to an activating group) is 1. The largest absolute Gasteiger partial charge is 0.491 e. The summed E-state index contributed by atoms with van der Waals surface area (Å²) in [5.74, 6) is 1.35. The predicted molar refractivity (Wildman–Crippen MR) is 187 cm³/mol. The molecule has 0 saturated carbocycles. The topological polar surface area (TPSA) is 49.9 Å². The summed E-state index contributed by atoms with van der Waals surface area (Å²) in [6, 6.07) is 18.1. The second-order valence-corrected chi connectivity index (χ2v) is 15.1. The van der Waals surface area contributed by atoms with Gasteiger partial charge in [-0.25, -0.2) is 0 Å². The normalized spacial score (nSPS) is 17.1. The lowest BCUT2D eigenvalue weighted by molar-refractivity contribution is 0.0779. The molecular weight excluding hydrogens is 623 g/mol. The quantitative estimate of drug-likeness (QED) is 0.206. The first-order valence-corrected chi connectivity index (χ1v) is 18.6. The number of benzene rings is 3. The molecule has 1 fully saturated rings. The summed E-state index contributed by atoms with van der Waals surface area (Å²) in [5, 5.41) is 1.07. The zero-order valence-electron chi connectivity index (χ0n) is 27.0. The van der Waals surface area contributed by atoms with E-state index in [4.69, 9.17) is 27.9 Å². The van der Waals surface area contributed by atoms with Crippen LogP contribution in [-0.2, 0) is 23.6 Å². The summed E-state index contributed by atoms with van der Waals surface area (Å²) in [4.78, 5) is 19.5. The second-order valence-electron chi connectivity index (χ2n) is 12.9. The van der Waals surface area contributed by atoms with E-state index in [-0.39, 0.29) is 17.9 Å². The van der Waals surface area contributed by atoms with E-state index in [2.05, 4.69) is 23.1 Å². The maximum absolute atomic E-state index is 14.1. The standard InChI is InChI=1S/C37H46Cl2N2O3S/c1-25(2)44-30-21-28-9-5-6-10-31(28)33(23-30)37(42)40(3)24-29(27-13-14-34(38)35(39)22-27)17-20-41-18-15-26(16-19-41)32-11-7-8-12-36(32)45(4)43/h7-8,11-14,21-23,25-26,29H,5-6,9-10,15-20,24H2,1-4H3. The second kappa shape index (κ2) is 15.5. The fourth-order valence-electron chi connectivity index (χ4n) is 7.00. The van der Waals surface area contributed by atoms with Crippen molar-refractivity contribution >= 4 is 39.9 Å². The molecule has 0 aromatic heterocycles. The van der Waals surface area contributed by atoms with Crippen LogP contribution >= 0.6 is 23.2 Å². The maximum atomic E-state index is 14.1. The highest BCUT2D eigenvalue weighted by molar-refractivity contribution is 7.84. The average molecular weight is 670 g/mol. The SMILES string of the molecule is CC(C)Oc1cc2c(c(C(=O)N(C)CC(CCN3CCC(c4ccccc4S(C)=O)CC3)c3ccc(Cl)c(Cl)c3)c1)CCCC2. The number of rotatable bonds is 11. The molecule has 2 unspecified atom stereocenters. The number of ether oxygens (including phenoxy) is 1. The number of nitrogens with zero attached hydrogens (tertiary/aromatic N) is 2. The molecule has 0 bridgehead atoms. The van der Waals surface area contributed by atoms with Crippen LogP contribution in [0.2, 0.25) is 10.0 Å². The minimum atomic E-state index is -0.987. The first-order valence-electron chi connectivity index (χ1n) is 16.3. The summed E-state index contributed by atoms with van der Waals surface area (Å²) in [6.07, 6.45) is 8.95. The van der Waals surface area contributed by atoms with Crippen molar-refractivity contribution < 1.29 is 13.7 Å². The van der Waals surface area contributed by atoms with E-state index in [1.165, 1.54) is 16.7 Å². The molecule has 3 aromatic rings. The van der Waals surface area contributed by atoms with Crippen LogP contribution in [0, 0.1) is 0 Å². The van der Waals surface area contributed by atoms with Gasteiger partial charge in [-0.3, -0.25) is 9.00 Å². The van der Waals surface area contributed by atoms with E-state index in [1.54, 1.807) is 6.26 Å². The van der Waals surface area contributed by atoms with Gasteiger partial charge in [-0.1, -0.05) is 47.5 Å². The molecule has 2 aliphatic rings. The minimum Gasteiger partial charge on any atom is -0.491 e. The van der Waals surface area contributed by atoms with Crippen molar-refractivity contribution in [2.24, 2.45) is 0 Å². The van der Waals surface area contributed by atoms with E-state index in [1.807, 2.05) is 62.2 Å². The van der Waals surface area contributed by atoms with E-state index in [9.17, 15) is 9.00 Å². The number of carbonyl (C=O) groups excluding carboxylic acids is 1. The van der Waals surface area contributed by atoms with Crippen molar-refractivity contribution in [3.63, 3.8) is 0 Å². The monoisotopic (exact) mass is 668 g/mol. The van der Waals surface area contributed by atoms with Gasteiger partial charge in [-0.2, -0.15) is 0 Å². The van der Waals surface area contributed by atoms with Gasteiger partial charge in [-0.05, 0) is 137 Å². The lowest BCUT2D eigenvalue weighted by Gasteiger charge is -2.34. The zero-order chi connectivity index (χ0) is 32.1. The molecule has 1 aliphatic carbocycles. The van der Waals surface area contributed by atoms with Gasteiger partial charge in [-0.15, -0.1) is 0 Å². The van der Waals surface area contributed by atoms with Crippen molar-refractivity contribution in [2.75, 3.05) is 39.5 Å². The first-order chi connectivity index (χ1) is 21.6. The minimum absolute atomic E-state index is 0.0419. The van der Waals surface area contributed by atoms with Crippen molar-refractivity contribution in [1.82, 2.24) is 9.80 Å². The van der Waals surface area contributed by atoms with E-state index in [0.29, 0.717) is 22.5 Å². The zero-order valence-corrected chi connectivity index (χ0v) is 29.3. The molecular formula is C37H46Cl2N2O3S. The Morgan fingerprint density at radius 2 is 1.76 bits per heavy atom. The molecule has 5 nitrogen and oxygen atoms in total. The third-order valence-electron chi connectivity index (χ3n) is 9.35. The highest BCUT2D eigenvalue weighted by Gasteiger charge is 2.27. The molecule has 1 heterocycles. The Hall–Kier alpha value is -2.38. The van der Waals surface area contributed by atoms with Gasteiger partial charge < -0.3 is 14.5 Å². The summed E-state index contributed by atoms with van der Waals surface area (Å²) >= 11 is 12.8. The van der Waals surface area contributed by atoms with Gasteiger partial charge in [0.2, 0.25) is 0 Å². The van der Waals surface area contributed by atoms with Crippen molar-refractivity contribution in [3.8, 4) is 5.75 Å². The number of fused-ring (bicyclic) bond motifs is 1. The van der Waals surface area contributed by atoms with Gasteiger partial charge in [0.1, 0.15) is 5.75 Å². The number of carbonyl (C=O) groups is 1. The number of hydrogen-bond acceptors (Lipinski definition) is 4. The van der Waals surface area contributed by atoms with Crippen molar-refractivity contribution in [1.29, 1.82) is 0 Å². The Morgan fingerprint density at radius 1 is 1.02 bits per heavy atom. The van der Waals surface area contributed by atoms with E-state index < -0.39 is 10.8 Å². The number of halogens is 2. The molecule has 5 rings (SSSR count). The Kier molecular flexibility index (Phi) is 11.7. The molecule has 242 valence electrons. The van der Waals surface area contributed by atoms with Gasteiger partial charge >= 0.3 is 0 Å². The molecule has 2 atom stereocenters. The molecule has 0 radical (unpaired) electrons. The van der Waals surface area contributed by atoms with Crippen LogP contribution in [0.25, 0.3) is 0 Å². The van der Waals surface area contributed by atoms with Crippen LogP contribution in [0.1, 0.15) is 90.4 Å². The summed E-state index contributed by atoms with van der Waals surface area (Å²) in [7, 11) is 0.928. The molecule has 45 heavy (non-hydrogen) atoms. The van der Waals surface area contributed by atoms with Crippen LogP contribution in [0.15, 0.2) is 59.5 Å². The Labute approximate surface area is 281 Å². The van der Waals surface area contributed by atoms with Crippen LogP contribution in [0.5, 0.6) is 5.75 Å². The van der Waals surface area contributed by atoms with Crippen LogP contribution in [-0.4, -0.2) is 65.5 Å². The van der Waals surface area contributed by atoms with Crippen LogP contribution in [0.4, 0.5) is 0 Å². The Bertz CT molecular complexity index is 1520. The predicted octanol–water partition coefficient (Wildman–Crippen LogP) is 8.52. The number of amides is 1. The smallest absolute Gasteiger partial charge is 0.254 e. The van der Waals surface area contributed by atoms with Crippen LogP contribution < -0.4 is 4.74 Å². The van der Waals surface area contributed by atoms with Crippen molar-refractivity contribution in [3.05, 3.63) is 92.5 Å². The number of hydrogen-bond donors (Lipinski definition) is 0. The molecule has 0 N–H and O–H groups in total. The molecule has 1 saturated heterocycles. The van der Waals surface area contributed by atoms with Gasteiger partial charge in [0.15, 0.2) is 0 Å². The fourth-order valence-corrected chi connectivity index (χ4v) is 8.15. The third kappa shape index (κ3) is 8.51.